The molecule has 1 N–H and O–H groups in total. The number of hydrogen-bond donors (Lipinski definition) is 1. The van der Waals surface area contributed by atoms with Crippen LogP contribution in [0.1, 0.15) is 34.6 Å². The summed E-state index contributed by atoms with van der Waals surface area (Å²) in [6.07, 6.45) is 0. The largest absolute Gasteiger partial charge is 0.396 e. The van der Waals surface area contributed by atoms with Crippen molar-refractivity contribution in [3.8, 4) is 0 Å². The Labute approximate surface area is 114 Å². The van der Waals surface area contributed by atoms with Gasteiger partial charge in [0, 0.05) is 23.0 Å². The van der Waals surface area contributed by atoms with E-state index in [-0.39, 0.29) is 25.0 Å². The SMILES string of the molecule is CC(C)(CO)CN1C(=O)c2ccc(Br)cc2C1=O. The number of rotatable bonds is 3. The van der Waals surface area contributed by atoms with Crippen LogP contribution in [0.15, 0.2) is 22.7 Å². The molecule has 1 aliphatic rings. The topological polar surface area (TPSA) is 57.6 Å². The number of carbonyl (C=O) groups excluding carboxylic acids is 2. The Morgan fingerprint density at radius 3 is 2.44 bits per heavy atom. The number of amides is 2. The third-order valence-corrected chi connectivity index (χ3v) is 3.44. The molecule has 1 aromatic carbocycles. The molecule has 0 aliphatic carbocycles. The first-order chi connectivity index (χ1) is 8.35. The van der Waals surface area contributed by atoms with Gasteiger partial charge in [0.25, 0.3) is 11.8 Å². The summed E-state index contributed by atoms with van der Waals surface area (Å²) < 4.78 is 0.769. The Balaban J connectivity index is 2.34. The van der Waals surface area contributed by atoms with Gasteiger partial charge in [0.15, 0.2) is 0 Å². The van der Waals surface area contributed by atoms with Crippen LogP contribution in [0.3, 0.4) is 0 Å². The van der Waals surface area contributed by atoms with Crippen molar-refractivity contribution >= 4 is 27.7 Å². The molecule has 0 saturated carbocycles. The van der Waals surface area contributed by atoms with Crippen molar-refractivity contribution < 1.29 is 14.7 Å². The molecular weight excluding hydrogens is 298 g/mol. The normalized spacial score (nSPS) is 15.2. The molecule has 1 aromatic rings. The first kappa shape index (κ1) is 13.2. The Morgan fingerprint density at radius 2 is 1.83 bits per heavy atom. The zero-order valence-corrected chi connectivity index (χ0v) is 11.8. The van der Waals surface area contributed by atoms with E-state index in [1.54, 1.807) is 18.2 Å². The van der Waals surface area contributed by atoms with Crippen LogP contribution in [0.25, 0.3) is 0 Å². The van der Waals surface area contributed by atoms with E-state index in [2.05, 4.69) is 15.9 Å². The van der Waals surface area contributed by atoms with Gasteiger partial charge in [-0.3, -0.25) is 14.5 Å². The molecule has 4 nitrogen and oxygen atoms in total. The van der Waals surface area contributed by atoms with Crippen LogP contribution in [0.4, 0.5) is 0 Å². The maximum absolute atomic E-state index is 12.2. The molecule has 2 rings (SSSR count). The zero-order chi connectivity index (χ0) is 13.5. The molecule has 0 bridgehead atoms. The van der Waals surface area contributed by atoms with Gasteiger partial charge in [0.2, 0.25) is 0 Å². The van der Waals surface area contributed by atoms with Crippen molar-refractivity contribution in [1.29, 1.82) is 0 Å². The second-order valence-corrected chi connectivity index (χ2v) is 6.12. The van der Waals surface area contributed by atoms with Gasteiger partial charge in [-0.25, -0.2) is 0 Å². The number of hydrogen-bond acceptors (Lipinski definition) is 3. The average molecular weight is 312 g/mol. The summed E-state index contributed by atoms with van der Waals surface area (Å²) in [6, 6.07) is 5.04. The Hall–Kier alpha value is -1.20. The number of imide groups is 1. The number of fused-ring (bicyclic) bond motifs is 1. The average Bonchev–Trinajstić information content (AvgIpc) is 2.54. The minimum atomic E-state index is -0.495. The Bertz CT molecular complexity index is 525. The minimum Gasteiger partial charge on any atom is -0.396 e. The molecule has 0 spiro atoms. The van der Waals surface area contributed by atoms with E-state index in [4.69, 9.17) is 0 Å². The van der Waals surface area contributed by atoms with Crippen molar-refractivity contribution in [3.05, 3.63) is 33.8 Å². The Kier molecular flexibility index (Phi) is 3.29. The standard InChI is InChI=1S/C13H14BrNO3/c1-13(2,7-16)6-15-11(17)9-4-3-8(14)5-10(9)12(15)18/h3-5,16H,6-7H2,1-2H3. The molecule has 0 atom stereocenters. The summed E-state index contributed by atoms with van der Waals surface area (Å²) in [4.78, 5) is 25.5. The van der Waals surface area contributed by atoms with Gasteiger partial charge in [0.1, 0.15) is 0 Å². The lowest BCUT2D eigenvalue weighted by atomic mass is 9.94. The predicted octanol–water partition coefficient (Wildman–Crippen LogP) is 2.06. The number of aliphatic hydroxyl groups excluding tert-OH is 1. The van der Waals surface area contributed by atoms with Crippen LogP contribution in [-0.4, -0.2) is 35.0 Å². The van der Waals surface area contributed by atoms with Crippen LogP contribution < -0.4 is 0 Å². The first-order valence-corrected chi connectivity index (χ1v) is 6.42. The van der Waals surface area contributed by atoms with Crippen LogP contribution in [0.5, 0.6) is 0 Å². The molecule has 1 heterocycles. The van der Waals surface area contributed by atoms with E-state index >= 15 is 0 Å². The van der Waals surface area contributed by atoms with Crippen molar-refractivity contribution in [3.63, 3.8) is 0 Å². The van der Waals surface area contributed by atoms with Gasteiger partial charge in [-0.2, -0.15) is 0 Å². The quantitative estimate of drug-likeness (QED) is 0.869. The molecule has 0 unspecified atom stereocenters. The lowest BCUT2D eigenvalue weighted by molar-refractivity contribution is 0.0529. The zero-order valence-electron chi connectivity index (χ0n) is 10.2. The van der Waals surface area contributed by atoms with Gasteiger partial charge in [0.05, 0.1) is 11.1 Å². The summed E-state index contributed by atoms with van der Waals surface area (Å²) in [5.41, 5.74) is 0.352. The Morgan fingerprint density at radius 1 is 1.22 bits per heavy atom. The van der Waals surface area contributed by atoms with E-state index < -0.39 is 5.41 Å². The number of benzene rings is 1. The summed E-state index contributed by atoms with van der Waals surface area (Å²) >= 11 is 3.29. The first-order valence-electron chi connectivity index (χ1n) is 5.62. The fourth-order valence-corrected chi connectivity index (χ4v) is 2.25. The summed E-state index contributed by atoms with van der Waals surface area (Å²) in [7, 11) is 0. The molecule has 2 amide bonds. The van der Waals surface area contributed by atoms with E-state index in [0.29, 0.717) is 11.1 Å². The van der Waals surface area contributed by atoms with E-state index in [1.807, 2.05) is 13.8 Å². The van der Waals surface area contributed by atoms with Gasteiger partial charge in [-0.15, -0.1) is 0 Å². The van der Waals surface area contributed by atoms with E-state index in [1.165, 1.54) is 4.90 Å². The molecule has 18 heavy (non-hydrogen) atoms. The highest BCUT2D eigenvalue weighted by Crippen LogP contribution is 2.28. The number of aliphatic hydroxyl groups is 1. The highest BCUT2D eigenvalue weighted by Gasteiger charge is 2.38. The second kappa shape index (κ2) is 4.48. The molecule has 0 fully saturated rings. The highest BCUT2D eigenvalue weighted by molar-refractivity contribution is 9.10. The third-order valence-electron chi connectivity index (χ3n) is 2.95. The molecule has 0 aromatic heterocycles. The minimum absolute atomic E-state index is 0.0793. The van der Waals surface area contributed by atoms with E-state index in [9.17, 15) is 14.7 Å². The molecule has 0 saturated heterocycles. The van der Waals surface area contributed by atoms with Gasteiger partial charge < -0.3 is 5.11 Å². The second-order valence-electron chi connectivity index (χ2n) is 5.21. The molecule has 1 aliphatic heterocycles. The molecule has 0 radical (unpaired) electrons. The maximum Gasteiger partial charge on any atom is 0.261 e. The highest BCUT2D eigenvalue weighted by atomic mass is 79.9. The fourth-order valence-electron chi connectivity index (χ4n) is 1.88. The third kappa shape index (κ3) is 2.20. The summed E-state index contributed by atoms with van der Waals surface area (Å²) in [5.74, 6) is -0.582. The molecular formula is C13H14BrNO3. The lowest BCUT2D eigenvalue weighted by Crippen LogP contribution is -2.39. The smallest absolute Gasteiger partial charge is 0.261 e. The molecule has 96 valence electrons. The van der Waals surface area contributed by atoms with Crippen molar-refractivity contribution in [2.24, 2.45) is 5.41 Å². The van der Waals surface area contributed by atoms with Crippen LogP contribution in [0, 0.1) is 5.41 Å². The fraction of sp³-hybridized carbons (Fsp3) is 0.385. The van der Waals surface area contributed by atoms with Crippen LogP contribution in [-0.2, 0) is 0 Å². The van der Waals surface area contributed by atoms with Gasteiger partial charge in [-0.1, -0.05) is 29.8 Å². The summed E-state index contributed by atoms with van der Waals surface area (Å²) in [5, 5.41) is 9.23. The van der Waals surface area contributed by atoms with Crippen molar-refractivity contribution in [2.45, 2.75) is 13.8 Å². The van der Waals surface area contributed by atoms with Gasteiger partial charge in [-0.05, 0) is 18.2 Å². The summed E-state index contributed by atoms with van der Waals surface area (Å²) in [6.45, 7) is 3.76. The monoisotopic (exact) mass is 311 g/mol. The predicted molar refractivity (Wildman–Crippen MR) is 70.4 cm³/mol. The van der Waals surface area contributed by atoms with E-state index in [0.717, 1.165) is 4.47 Å². The van der Waals surface area contributed by atoms with Crippen LogP contribution >= 0.6 is 15.9 Å². The van der Waals surface area contributed by atoms with Crippen molar-refractivity contribution in [1.82, 2.24) is 4.90 Å². The lowest BCUT2D eigenvalue weighted by Gasteiger charge is -2.26. The van der Waals surface area contributed by atoms with Crippen LogP contribution in [0.2, 0.25) is 0 Å². The molecule has 5 heteroatoms. The number of carbonyl (C=O) groups is 2. The number of halogens is 1. The van der Waals surface area contributed by atoms with Gasteiger partial charge >= 0.3 is 0 Å². The number of nitrogens with zero attached hydrogens (tertiary/aromatic N) is 1. The maximum atomic E-state index is 12.2. The van der Waals surface area contributed by atoms with Crippen molar-refractivity contribution in [2.75, 3.05) is 13.2 Å².